The van der Waals surface area contributed by atoms with Crippen LogP contribution in [-0.4, -0.2) is 42.3 Å². The summed E-state index contributed by atoms with van der Waals surface area (Å²) in [5.41, 5.74) is 28.3. The van der Waals surface area contributed by atoms with E-state index in [4.69, 9.17) is 9.98 Å². The summed E-state index contributed by atoms with van der Waals surface area (Å²) in [5, 5.41) is 4.01. The first-order valence-corrected chi connectivity index (χ1v) is 26.0. The Hall–Kier alpha value is -9.66. The number of benzene rings is 4. The Labute approximate surface area is 441 Å². The molecule has 368 valence electrons. The van der Waals surface area contributed by atoms with Crippen LogP contribution in [0.25, 0.3) is 33.4 Å². The molecule has 8 nitrogen and oxygen atoms in total. The highest BCUT2D eigenvalue weighted by atomic mass is 14.8. The molecule has 0 unspecified atom stereocenters. The third-order valence-corrected chi connectivity index (χ3v) is 15.0. The molecule has 0 saturated carbocycles. The van der Waals surface area contributed by atoms with E-state index < -0.39 is 0 Å². The summed E-state index contributed by atoms with van der Waals surface area (Å²) in [6.45, 7) is 13.3. The summed E-state index contributed by atoms with van der Waals surface area (Å²) in [6.07, 6.45) is 15.8. The Morgan fingerprint density at radius 2 is 0.724 bits per heavy atom. The fraction of sp³-hybridized carbons (Fsp3) is 0.0882. The smallest absolute Gasteiger partial charge is 0.0729 e. The number of aromatic amines is 6. The molecule has 8 bridgehead atoms. The average Bonchev–Trinajstić information content (AvgIpc) is 4.26. The minimum Gasteiger partial charge on any atom is -0.361 e. The lowest BCUT2D eigenvalue weighted by Crippen LogP contribution is -2.20. The molecule has 0 atom stereocenters. The Balaban J connectivity index is 1.09. The lowest BCUT2D eigenvalue weighted by Gasteiger charge is -2.15. The number of allylic oxidation sites excluding steroid dienone is 4. The van der Waals surface area contributed by atoms with Crippen molar-refractivity contribution in [3.8, 4) is 0 Å². The topological polar surface area (TPSA) is 119 Å². The lowest BCUT2D eigenvalue weighted by molar-refractivity contribution is 1.17. The second kappa shape index (κ2) is 18.7. The van der Waals surface area contributed by atoms with Gasteiger partial charge in [-0.15, -0.1) is 0 Å². The molecule has 76 heavy (non-hydrogen) atoms. The van der Waals surface area contributed by atoms with Gasteiger partial charge in [0.15, 0.2) is 0 Å². The van der Waals surface area contributed by atoms with Crippen molar-refractivity contribution in [3.05, 3.63) is 316 Å². The number of aryl methyl sites for hydroxylation is 6. The molecule has 6 aromatic heterocycles. The number of aromatic nitrogens is 6. The van der Waals surface area contributed by atoms with Gasteiger partial charge in [0.1, 0.15) is 0 Å². The number of hydrogen-bond acceptors (Lipinski definition) is 2. The van der Waals surface area contributed by atoms with Crippen LogP contribution in [0.5, 0.6) is 0 Å². The highest BCUT2D eigenvalue weighted by molar-refractivity contribution is 5.92. The number of nitrogens with one attached hydrogen (secondary N) is 6. The molecule has 0 saturated heterocycles. The zero-order chi connectivity index (χ0) is 51.6. The summed E-state index contributed by atoms with van der Waals surface area (Å²) < 4.78 is 0. The maximum atomic E-state index is 4.73. The van der Waals surface area contributed by atoms with Gasteiger partial charge >= 0.3 is 0 Å². The van der Waals surface area contributed by atoms with Crippen molar-refractivity contribution in [1.82, 2.24) is 29.9 Å². The van der Waals surface area contributed by atoms with Gasteiger partial charge in [0, 0.05) is 114 Å². The van der Waals surface area contributed by atoms with Crippen molar-refractivity contribution in [2.45, 2.75) is 41.5 Å². The van der Waals surface area contributed by atoms with Crippen molar-refractivity contribution in [2.75, 3.05) is 0 Å². The summed E-state index contributed by atoms with van der Waals surface area (Å²) in [5.74, 6) is 0. The first-order chi connectivity index (χ1) is 37.1. The van der Waals surface area contributed by atoms with Crippen molar-refractivity contribution in [2.24, 2.45) is 9.98 Å². The Morgan fingerprint density at radius 1 is 0.368 bits per heavy atom. The molecule has 13 rings (SSSR count). The predicted molar refractivity (Wildman–Crippen MR) is 311 cm³/mol. The quantitative estimate of drug-likeness (QED) is 0.0870. The second-order valence-corrected chi connectivity index (χ2v) is 20.3. The fourth-order valence-electron chi connectivity index (χ4n) is 12.0. The van der Waals surface area contributed by atoms with E-state index in [1.54, 1.807) is 0 Å². The molecule has 0 fully saturated rings. The summed E-state index contributed by atoms with van der Waals surface area (Å²) in [6, 6.07) is 53.2. The van der Waals surface area contributed by atoms with Crippen molar-refractivity contribution in [1.29, 1.82) is 0 Å². The third-order valence-electron chi connectivity index (χ3n) is 15.0. The van der Waals surface area contributed by atoms with Gasteiger partial charge in [0.05, 0.1) is 11.4 Å². The molecule has 0 spiro atoms. The fourth-order valence-corrected chi connectivity index (χ4v) is 12.0. The van der Waals surface area contributed by atoms with Crippen LogP contribution < -0.4 is 21.4 Å². The van der Waals surface area contributed by atoms with Crippen molar-refractivity contribution >= 4 is 45.9 Å². The molecule has 0 radical (unpaired) electrons. The van der Waals surface area contributed by atoms with E-state index in [1.807, 2.05) is 49.1 Å². The predicted octanol–water partition coefficient (Wildman–Crippen LogP) is 11.6. The maximum Gasteiger partial charge on any atom is 0.0729 e. The van der Waals surface area contributed by atoms with Gasteiger partial charge in [-0.1, -0.05) is 83.9 Å². The first-order valence-electron chi connectivity index (χ1n) is 26.0. The van der Waals surface area contributed by atoms with Gasteiger partial charge in [-0.2, -0.15) is 0 Å². The van der Waals surface area contributed by atoms with Crippen molar-refractivity contribution in [3.63, 3.8) is 0 Å². The molecule has 10 aromatic rings. The van der Waals surface area contributed by atoms with E-state index in [9.17, 15) is 0 Å². The van der Waals surface area contributed by atoms with Crippen LogP contribution in [0, 0.1) is 41.5 Å². The molecule has 3 aliphatic rings. The SMILES string of the molecule is Cc1cc(C)c(/C2=c3\cc/c([nH]3)=C(\c3ccc(/C(=C4\C=CC=N4)c4ccc[nH]4)cc3)c3ccc([nH]3)/C(c3c(C)cc(C)cc3C)=c3/cc/c([nH]3)=C(\c3ccc(/C(=C4\C=CC=N4)c4ccc[nH]4)cc3)c3ccc2[nH]3)c(C)c1. The zero-order valence-electron chi connectivity index (χ0n) is 43.4. The van der Waals surface area contributed by atoms with E-state index in [0.717, 1.165) is 123 Å². The molecule has 6 N–H and O–H groups in total. The average molecular weight is 985 g/mol. The second-order valence-electron chi connectivity index (χ2n) is 20.3. The Morgan fingerprint density at radius 3 is 1.05 bits per heavy atom. The minimum absolute atomic E-state index is 0.926. The molecule has 0 aliphatic carbocycles. The number of rotatable bonds is 8. The van der Waals surface area contributed by atoms with E-state index >= 15 is 0 Å². The number of H-pyrrole nitrogens is 6. The number of hydrogen-bond donors (Lipinski definition) is 6. The normalized spacial score (nSPS) is 18.1. The molecular weight excluding hydrogens is 929 g/mol. The lowest BCUT2D eigenvalue weighted by atomic mass is 9.92. The Kier molecular flexibility index (Phi) is 11.3. The summed E-state index contributed by atoms with van der Waals surface area (Å²) in [4.78, 5) is 32.4. The van der Waals surface area contributed by atoms with Gasteiger partial charge in [-0.25, -0.2) is 0 Å². The van der Waals surface area contributed by atoms with Crippen molar-refractivity contribution < 1.29 is 0 Å². The maximum absolute atomic E-state index is 4.73. The van der Waals surface area contributed by atoms with E-state index in [2.05, 4.69) is 217 Å². The first kappa shape index (κ1) is 46.1. The highest BCUT2D eigenvalue weighted by Crippen LogP contribution is 2.35. The van der Waals surface area contributed by atoms with E-state index in [0.29, 0.717) is 0 Å². The van der Waals surface area contributed by atoms with Crippen LogP contribution in [0.4, 0.5) is 0 Å². The van der Waals surface area contributed by atoms with E-state index in [-0.39, 0.29) is 0 Å². The number of nitrogens with zero attached hydrogens (tertiary/aromatic N) is 2. The third kappa shape index (κ3) is 8.12. The van der Waals surface area contributed by atoms with Crippen LogP contribution in [0.2, 0.25) is 0 Å². The van der Waals surface area contributed by atoms with Crippen LogP contribution in [0.3, 0.4) is 0 Å². The monoisotopic (exact) mass is 984 g/mol. The molecule has 0 amide bonds. The molecule has 8 heteroatoms. The van der Waals surface area contributed by atoms with Crippen LogP contribution in [0.15, 0.2) is 204 Å². The zero-order valence-corrected chi connectivity index (χ0v) is 43.4. The van der Waals surface area contributed by atoms with Gasteiger partial charge in [-0.3, -0.25) is 9.98 Å². The van der Waals surface area contributed by atoms with Gasteiger partial charge in [-0.05, 0) is 194 Å². The van der Waals surface area contributed by atoms with Gasteiger partial charge in [0.2, 0.25) is 0 Å². The van der Waals surface area contributed by atoms with Crippen LogP contribution in [0.1, 0.15) is 101 Å². The largest absolute Gasteiger partial charge is 0.361 e. The van der Waals surface area contributed by atoms with Crippen LogP contribution >= 0.6 is 0 Å². The van der Waals surface area contributed by atoms with Gasteiger partial charge in [0.25, 0.3) is 0 Å². The highest BCUT2D eigenvalue weighted by Gasteiger charge is 2.23. The molecule has 4 aromatic carbocycles. The van der Waals surface area contributed by atoms with Crippen LogP contribution in [-0.2, 0) is 0 Å². The van der Waals surface area contributed by atoms with E-state index in [1.165, 1.54) is 44.5 Å². The minimum atomic E-state index is 0.926. The summed E-state index contributed by atoms with van der Waals surface area (Å²) >= 11 is 0. The standard InChI is InChI=1S/C68H56N8/c1-39-35-41(3)61(42(4)36-39)67-57-27-23-53(73-57)65(47-19-15-45(16-20-47)63(49-11-7-31-69-49)50-12-8-32-70-50)55-25-29-59(75-55)68(62-43(5)37-40(2)38-44(62)6)60-30-26-56(76-60)66(54-24-28-58(67)74-54)48-21-17-46(18-22-48)64(51-13-9-33-71-51)52-14-10-34-72-52/h7-38,69,71,73-76H,1-6H3/b63-50-,64-52-,65-53-,65-55?,66-54?,66-56-,67-57+,67-58?,68-59?,68-60+. The Bertz CT molecular complexity index is 4050. The van der Waals surface area contributed by atoms with Gasteiger partial charge < -0.3 is 29.9 Å². The molecular formula is C68H56N8. The summed E-state index contributed by atoms with van der Waals surface area (Å²) in [7, 11) is 0. The number of aliphatic imine (C=N–C) groups is 2. The number of fused-ring (bicyclic) bond motifs is 8. The molecule has 3 aliphatic heterocycles. The molecule has 9 heterocycles.